The Kier molecular flexibility index (Phi) is 3.80. The molecule has 0 aliphatic rings. The van der Waals surface area contributed by atoms with Crippen molar-refractivity contribution in [3.05, 3.63) is 76.0 Å². The van der Waals surface area contributed by atoms with E-state index >= 15 is 0 Å². The summed E-state index contributed by atoms with van der Waals surface area (Å²) < 4.78 is 1.65. The van der Waals surface area contributed by atoms with E-state index < -0.39 is 4.92 Å². The van der Waals surface area contributed by atoms with Gasteiger partial charge in [0, 0.05) is 17.7 Å². The number of hydrogen-bond acceptors (Lipinski definition) is 5. The van der Waals surface area contributed by atoms with Gasteiger partial charge in [-0.3, -0.25) is 10.1 Å². The number of benzene rings is 2. The zero-order valence-corrected chi connectivity index (χ0v) is 12.0. The van der Waals surface area contributed by atoms with Crippen molar-refractivity contribution in [3.8, 4) is 17.3 Å². The van der Waals surface area contributed by atoms with Gasteiger partial charge in [0.25, 0.3) is 5.69 Å². The van der Waals surface area contributed by atoms with E-state index in [2.05, 4.69) is 16.4 Å². The van der Waals surface area contributed by atoms with Gasteiger partial charge in [0.05, 0.1) is 35.0 Å². The fraction of sp³-hybridized carbons (Fsp3) is 0.0625. The number of rotatable bonds is 4. The molecule has 0 atom stereocenters. The van der Waals surface area contributed by atoms with Crippen LogP contribution in [0.2, 0.25) is 0 Å². The average molecular weight is 305 g/mol. The fourth-order valence-electron chi connectivity index (χ4n) is 2.29. The van der Waals surface area contributed by atoms with Gasteiger partial charge in [-0.05, 0) is 17.7 Å². The normalized spacial score (nSPS) is 10.2. The Hall–Kier alpha value is -3.53. The summed E-state index contributed by atoms with van der Waals surface area (Å²) >= 11 is 0. The van der Waals surface area contributed by atoms with Gasteiger partial charge in [0.2, 0.25) is 0 Å². The SMILES string of the molecule is N#Cc1cccc(Cn2nncc2-c2cccc([N+](=O)[O-])c2)c1. The van der Waals surface area contributed by atoms with Crippen molar-refractivity contribution >= 4 is 5.69 Å². The second-order valence-corrected chi connectivity index (χ2v) is 4.90. The minimum absolute atomic E-state index is 0.0155. The third-order valence-corrected chi connectivity index (χ3v) is 3.36. The molecular weight excluding hydrogens is 294 g/mol. The largest absolute Gasteiger partial charge is 0.270 e. The molecule has 1 heterocycles. The molecule has 2 aromatic carbocycles. The van der Waals surface area contributed by atoms with Gasteiger partial charge >= 0.3 is 0 Å². The third kappa shape index (κ3) is 3.06. The van der Waals surface area contributed by atoms with Crippen LogP contribution in [0.1, 0.15) is 11.1 Å². The quantitative estimate of drug-likeness (QED) is 0.545. The van der Waals surface area contributed by atoms with Gasteiger partial charge in [0.15, 0.2) is 0 Å². The van der Waals surface area contributed by atoms with E-state index in [4.69, 9.17) is 5.26 Å². The maximum atomic E-state index is 10.9. The van der Waals surface area contributed by atoms with Crippen molar-refractivity contribution < 1.29 is 4.92 Å². The molecule has 23 heavy (non-hydrogen) atoms. The highest BCUT2D eigenvalue weighted by Gasteiger charge is 2.12. The van der Waals surface area contributed by atoms with E-state index in [-0.39, 0.29) is 5.69 Å². The van der Waals surface area contributed by atoms with Crippen molar-refractivity contribution in [1.82, 2.24) is 15.0 Å². The van der Waals surface area contributed by atoms with Crippen LogP contribution >= 0.6 is 0 Å². The van der Waals surface area contributed by atoms with Crippen LogP contribution in [0.4, 0.5) is 5.69 Å². The van der Waals surface area contributed by atoms with E-state index in [1.165, 1.54) is 12.1 Å². The van der Waals surface area contributed by atoms with Crippen molar-refractivity contribution in [2.24, 2.45) is 0 Å². The monoisotopic (exact) mass is 305 g/mol. The molecule has 0 unspecified atom stereocenters. The Morgan fingerprint density at radius 1 is 1.22 bits per heavy atom. The summed E-state index contributed by atoms with van der Waals surface area (Å²) in [6, 6.07) is 15.6. The number of aromatic nitrogens is 3. The lowest BCUT2D eigenvalue weighted by molar-refractivity contribution is -0.384. The molecular formula is C16H11N5O2. The van der Waals surface area contributed by atoms with Crippen LogP contribution < -0.4 is 0 Å². The van der Waals surface area contributed by atoms with Crippen LogP contribution in [0.5, 0.6) is 0 Å². The minimum Gasteiger partial charge on any atom is -0.258 e. The number of nitro groups is 1. The third-order valence-electron chi connectivity index (χ3n) is 3.36. The standard InChI is InChI=1S/C16H11N5O2/c17-9-12-3-1-4-13(7-12)11-20-16(10-18-19-20)14-5-2-6-15(8-14)21(22)23/h1-8,10H,11H2. The first-order valence-electron chi connectivity index (χ1n) is 6.80. The molecule has 3 rings (SSSR count). The lowest BCUT2D eigenvalue weighted by Crippen LogP contribution is -2.04. The Balaban J connectivity index is 1.95. The molecule has 1 aromatic heterocycles. The minimum atomic E-state index is -0.436. The predicted molar refractivity (Wildman–Crippen MR) is 82.4 cm³/mol. The second kappa shape index (κ2) is 6.07. The van der Waals surface area contributed by atoms with Crippen LogP contribution in [0.25, 0.3) is 11.3 Å². The summed E-state index contributed by atoms with van der Waals surface area (Å²) in [4.78, 5) is 10.5. The topological polar surface area (TPSA) is 97.6 Å². The predicted octanol–water partition coefficient (Wildman–Crippen LogP) is 2.77. The molecule has 112 valence electrons. The van der Waals surface area contributed by atoms with Gasteiger partial charge in [-0.2, -0.15) is 5.26 Å². The summed E-state index contributed by atoms with van der Waals surface area (Å²) in [5.74, 6) is 0. The molecule has 3 aromatic rings. The maximum Gasteiger partial charge on any atom is 0.270 e. The van der Waals surface area contributed by atoms with Crippen LogP contribution in [-0.4, -0.2) is 19.9 Å². The maximum absolute atomic E-state index is 10.9. The molecule has 0 bridgehead atoms. The zero-order chi connectivity index (χ0) is 16.2. The van der Waals surface area contributed by atoms with E-state index in [9.17, 15) is 10.1 Å². The van der Waals surface area contributed by atoms with Gasteiger partial charge in [-0.25, -0.2) is 4.68 Å². The fourth-order valence-corrected chi connectivity index (χ4v) is 2.29. The highest BCUT2D eigenvalue weighted by molar-refractivity contribution is 5.62. The highest BCUT2D eigenvalue weighted by atomic mass is 16.6. The summed E-state index contributed by atoms with van der Waals surface area (Å²) in [7, 11) is 0. The number of nitriles is 1. The van der Waals surface area contributed by atoms with E-state index in [0.717, 1.165) is 5.56 Å². The highest BCUT2D eigenvalue weighted by Crippen LogP contribution is 2.23. The van der Waals surface area contributed by atoms with Crippen LogP contribution in [-0.2, 0) is 6.54 Å². The Bertz CT molecular complexity index is 911. The smallest absolute Gasteiger partial charge is 0.258 e. The van der Waals surface area contributed by atoms with Crippen LogP contribution in [0.15, 0.2) is 54.7 Å². The zero-order valence-electron chi connectivity index (χ0n) is 12.0. The Labute approximate surface area is 131 Å². The molecule has 0 amide bonds. The molecule has 0 saturated heterocycles. The Morgan fingerprint density at radius 2 is 2.04 bits per heavy atom. The van der Waals surface area contributed by atoms with Gasteiger partial charge in [-0.15, -0.1) is 5.10 Å². The Morgan fingerprint density at radius 3 is 2.83 bits per heavy atom. The van der Waals surface area contributed by atoms with Crippen LogP contribution in [0.3, 0.4) is 0 Å². The lowest BCUT2D eigenvalue weighted by atomic mass is 10.1. The van der Waals surface area contributed by atoms with Crippen molar-refractivity contribution in [2.75, 3.05) is 0 Å². The summed E-state index contributed by atoms with van der Waals surface area (Å²) in [5.41, 5.74) is 2.83. The number of nitro benzene ring substituents is 1. The average Bonchev–Trinajstić information content (AvgIpc) is 3.03. The van der Waals surface area contributed by atoms with Crippen LogP contribution in [0, 0.1) is 21.4 Å². The molecule has 0 radical (unpaired) electrons. The van der Waals surface area contributed by atoms with Crippen molar-refractivity contribution in [2.45, 2.75) is 6.54 Å². The molecule has 0 N–H and O–H groups in total. The molecule has 0 saturated carbocycles. The summed E-state index contributed by atoms with van der Waals surface area (Å²) in [6.07, 6.45) is 1.56. The molecule has 0 aliphatic heterocycles. The van der Waals surface area contributed by atoms with Crippen molar-refractivity contribution in [3.63, 3.8) is 0 Å². The lowest BCUT2D eigenvalue weighted by Gasteiger charge is -2.07. The summed E-state index contributed by atoms with van der Waals surface area (Å²) in [5, 5.41) is 27.8. The molecule has 0 fully saturated rings. The summed E-state index contributed by atoms with van der Waals surface area (Å²) in [6.45, 7) is 0.424. The second-order valence-electron chi connectivity index (χ2n) is 4.90. The van der Waals surface area contributed by atoms with Gasteiger partial charge in [0.1, 0.15) is 0 Å². The number of hydrogen-bond donors (Lipinski definition) is 0. The molecule has 7 nitrogen and oxygen atoms in total. The molecule has 0 spiro atoms. The first-order chi connectivity index (χ1) is 11.2. The van der Waals surface area contributed by atoms with E-state index in [0.29, 0.717) is 23.4 Å². The van der Waals surface area contributed by atoms with Gasteiger partial charge < -0.3 is 0 Å². The van der Waals surface area contributed by atoms with Gasteiger partial charge in [-0.1, -0.05) is 29.5 Å². The first kappa shape index (κ1) is 14.4. The first-order valence-corrected chi connectivity index (χ1v) is 6.80. The number of non-ortho nitro benzene ring substituents is 1. The van der Waals surface area contributed by atoms with E-state index in [1.807, 2.05) is 6.07 Å². The molecule has 7 heteroatoms. The van der Waals surface area contributed by atoms with Crippen molar-refractivity contribution in [1.29, 1.82) is 5.26 Å². The van der Waals surface area contributed by atoms with E-state index in [1.54, 1.807) is 41.2 Å². The molecule has 0 aliphatic carbocycles. The number of nitrogens with zero attached hydrogens (tertiary/aromatic N) is 5.